The Morgan fingerprint density at radius 1 is 1.00 bits per heavy atom. The van der Waals surface area contributed by atoms with Crippen LogP contribution in [0.15, 0.2) is 22.9 Å². The molecular weight excluding hydrogens is 400 g/mol. The van der Waals surface area contributed by atoms with E-state index in [4.69, 9.17) is 22.1 Å². The molecule has 1 atom stereocenters. The van der Waals surface area contributed by atoms with Crippen LogP contribution in [0.1, 0.15) is 104 Å². The first-order valence-corrected chi connectivity index (χ1v) is 12.1. The van der Waals surface area contributed by atoms with Crippen LogP contribution in [0.25, 0.3) is 0 Å². The van der Waals surface area contributed by atoms with Crippen LogP contribution in [0.4, 0.5) is 0 Å². The quantitative estimate of drug-likeness (QED) is 0.217. The van der Waals surface area contributed by atoms with E-state index in [1.165, 1.54) is 70.6 Å². The highest BCUT2D eigenvalue weighted by molar-refractivity contribution is 6.33. The molecule has 0 spiro atoms. The van der Waals surface area contributed by atoms with Gasteiger partial charge in [0.25, 0.3) is 0 Å². The van der Waals surface area contributed by atoms with Crippen molar-refractivity contribution in [1.29, 1.82) is 0 Å². The molecule has 172 valence electrons. The summed E-state index contributed by atoms with van der Waals surface area (Å²) in [6.45, 7) is 4.29. The summed E-state index contributed by atoms with van der Waals surface area (Å²) in [5.41, 5.74) is 5.67. The second-order valence-corrected chi connectivity index (χ2v) is 8.67. The van der Waals surface area contributed by atoms with E-state index in [-0.39, 0.29) is 12.5 Å². The summed E-state index contributed by atoms with van der Waals surface area (Å²) in [5, 5.41) is 0.337. The summed E-state index contributed by atoms with van der Waals surface area (Å²) in [4.78, 5) is 25.2. The number of carbonyl (C=O) groups excluding carboxylic acids is 2. The van der Waals surface area contributed by atoms with Gasteiger partial charge in [-0.3, -0.25) is 9.59 Å². The highest BCUT2D eigenvalue weighted by Crippen LogP contribution is 2.20. The Kier molecular flexibility index (Phi) is 14.4. The molecule has 0 aromatic rings. The van der Waals surface area contributed by atoms with Gasteiger partial charge >= 0.3 is 5.97 Å². The van der Waals surface area contributed by atoms with Crippen molar-refractivity contribution in [2.75, 3.05) is 6.54 Å². The Balaban J connectivity index is 2.01. The third kappa shape index (κ3) is 11.6. The summed E-state index contributed by atoms with van der Waals surface area (Å²) < 4.78 is 5.48. The van der Waals surface area contributed by atoms with Crippen LogP contribution in [-0.4, -0.2) is 29.5 Å². The molecule has 1 rings (SSSR count). The molecule has 0 bridgehead atoms. The fourth-order valence-electron chi connectivity index (χ4n) is 3.62. The molecule has 30 heavy (non-hydrogen) atoms. The van der Waals surface area contributed by atoms with Gasteiger partial charge in [-0.15, -0.1) is 0 Å². The number of ether oxygens (including phenoxy) is 1. The zero-order valence-electron chi connectivity index (χ0n) is 19.0. The fourth-order valence-corrected chi connectivity index (χ4v) is 3.83. The molecule has 1 aliphatic rings. The number of hydrogen-bond donors (Lipinski definition) is 1. The van der Waals surface area contributed by atoms with E-state index in [0.29, 0.717) is 17.0 Å². The number of nitrogens with zero attached hydrogens (tertiary/aromatic N) is 1. The van der Waals surface area contributed by atoms with Gasteiger partial charge in [-0.25, -0.2) is 0 Å². The lowest BCUT2D eigenvalue weighted by Crippen LogP contribution is -2.37. The lowest BCUT2D eigenvalue weighted by Gasteiger charge is -2.30. The monoisotopic (exact) mass is 440 g/mol. The summed E-state index contributed by atoms with van der Waals surface area (Å²) in [6.07, 6.45) is 19.9. The van der Waals surface area contributed by atoms with Crippen LogP contribution in [-0.2, 0) is 14.3 Å². The predicted octanol–water partition coefficient (Wildman–Crippen LogP) is 6.16. The molecule has 6 heteroatoms. The van der Waals surface area contributed by atoms with E-state index in [2.05, 4.69) is 6.92 Å². The van der Waals surface area contributed by atoms with Crippen molar-refractivity contribution in [3.05, 3.63) is 22.9 Å². The van der Waals surface area contributed by atoms with Gasteiger partial charge in [-0.2, -0.15) is 0 Å². The number of allylic oxidation sites excluding steroid dienone is 2. The summed E-state index contributed by atoms with van der Waals surface area (Å²) in [5.74, 6) is -0.764. The molecule has 2 N–H and O–H groups in total. The molecule has 5 nitrogen and oxygen atoms in total. The maximum absolute atomic E-state index is 12.1. The minimum absolute atomic E-state index is 0.208. The molecule has 0 radical (unpaired) electrons. The molecule has 0 saturated carbocycles. The van der Waals surface area contributed by atoms with Gasteiger partial charge < -0.3 is 15.4 Å². The van der Waals surface area contributed by atoms with Crippen molar-refractivity contribution in [1.82, 2.24) is 4.90 Å². The zero-order valence-corrected chi connectivity index (χ0v) is 19.7. The Bertz CT molecular complexity index is 575. The van der Waals surface area contributed by atoms with E-state index < -0.39 is 12.1 Å². The van der Waals surface area contributed by atoms with Crippen LogP contribution >= 0.6 is 11.6 Å². The van der Waals surface area contributed by atoms with Crippen molar-refractivity contribution in [2.45, 2.75) is 110 Å². The third-order valence-electron chi connectivity index (χ3n) is 5.59. The molecule has 1 heterocycles. The van der Waals surface area contributed by atoms with E-state index in [1.54, 1.807) is 24.1 Å². The van der Waals surface area contributed by atoms with Crippen molar-refractivity contribution in [3.8, 4) is 0 Å². The average Bonchev–Trinajstić information content (AvgIpc) is 2.71. The van der Waals surface area contributed by atoms with Crippen molar-refractivity contribution < 1.29 is 14.3 Å². The normalized spacial score (nSPS) is 14.8. The predicted molar refractivity (Wildman–Crippen MR) is 124 cm³/mol. The topological polar surface area (TPSA) is 72.6 Å². The number of hydrogen-bond acceptors (Lipinski definition) is 4. The maximum atomic E-state index is 12.1. The summed E-state index contributed by atoms with van der Waals surface area (Å²) in [6, 6.07) is 0. The minimum Gasteiger partial charge on any atom is -0.442 e. The Hall–Kier alpha value is -1.49. The highest BCUT2D eigenvalue weighted by atomic mass is 35.5. The molecule has 1 aliphatic heterocycles. The number of amides is 1. The number of rotatable bonds is 17. The van der Waals surface area contributed by atoms with Gasteiger partial charge in [0.2, 0.25) is 5.91 Å². The lowest BCUT2D eigenvalue weighted by atomic mass is 10.0. The first kappa shape index (κ1) is 26.5. The van der Waals surface area contributed by atoms with Gasteiger partial charge in [0.05, 0.1) is 17.2 Å². The molecule has 0 aliphatic carbocycles. The number of primary amides is 1. The van der Waals surface area contributed by atoms with Crippen LogP contribution in [0.2, 0.25) is 0 Å². The summed E-state index contributed by atoms with van der Waals surface area (Å²) >= 11 is 5.98. The van der Waals surface area contributed by atoms with E-state index in [0.717, 1.165) is 12.8 Å². The number of unbranched alkanes of at least 4 members (excludes halogenated alkanes) is 12. The Labute approximate surface area is 188 Å². The highest BCUT2D eigenvalue weighted by Gasteiger charge is 2.22. The van der Waals surface area contributed by atoms with Gasteiger partial charge in [-0.1, -0.05) is 95.6 Å². The van der Waals surface area contributed by atoms with Crippen LogP contribution < -0.4 is 5.73 Å². The first-order chi connectivity index (χ1) is 14.5. The second-order valence-electron chi connectivity index (χ2n) is 8.26. The average molecular weight is 441 g/mol. The molecular formula is C24H41ClN2O3. The van der Waals surface area contributed by atoms with Crippen LogP contribution in [0.5, 0.6) is 0 Å². The van der Waals surface area contributed by atoms with E-state index in [9.17, 15) is 9.59 Å². The maximum Gasteiger partial charge on any atom is 0.307 e. The Morgan fingerprint density at radius 3 is 2.00 bits per heavy atom. The van der Waals surface area contributed by atoms with Gasteiger partial charge in [0.1, 0.15) is 0 Å². The van der Waals surface area contributed by atoms with Crippen LogP contribution in [0, 0.1) is 0 Å². The standard InChI is InChI=1S/C24H41ClN2O3/c1-3-4-5-6-7-8-9-10-11-12-13-14-15-16-23(28)30-20(2)27-18-17-22(25)21(19-27)24(26)29/h17-18,20H,3-16,19H2,1-2H3,(H2,26,29). The van der Waals surface area contributed by atoms with Crippen LogP contribution in [0.3, 0.4) is 0 Å². The molecule has 0 aromatic heterocycles. The van der Waals surface area contributed by atoms with E-state index >= 15 is 0 Å². The SMILES string of the molecule is CCCCCCCCCCCCCCCC(=O)OC(C)N1C=CC(Cl)=C(C(N)=O)C1. The molecule has 0 aromatic carbocycles. The van der Waals surface area contributed by atoms with Gasteiger partial charge in [0.15, 0.2) is 6.23 Å². The second kappa shape index (κ2) is 16.2. The number of carbonyl (C=O) groups is 2. The zero-order chi connectivity index (χ0) is 22.2. The largest absolute Gasteiger partial charge is 0.442 e. The van der Waals surface area contributed by atoms with Crippen molar-refractivity contribution in [3.63, 3.8) is 0 Å². The Morgan fingerprint density at radius 2 is 1.50 bits per heavy atom. The molecule has 1 unspecified atom stereocenters. The van der Waals surface area contributed by atoms with Gasteiger partial charge in [0, 0.05) is 12.6 Å². The molecule has 0 saturated heterocycles. The third-order valence-corrected chi connectivity index (χ3v) is 5.95. The fraction of sp³-hybridized carbons (Fsp3) is 0.750. The number of nitrogens with two attached hydrogens (primary N) is 1. The van der Waals surface area contributed by atoms with E-state index in [1.807, 2.05) is 0 Å². The lowest BCUT2D eigenvalue weighted by molar-refractivity contribution is -0.155. The van der Waals surface area contributed by atoms with Gasteiger partial charge in [-0.05, 0) is 19.4 Å². The summed E-state index contributed by atoms with van der Waals surface area (Å²) in [7, 11) is 0. The molecule has 1 amide bonds. The molecule has 0 fully saturated rings. The number of esters is 1. The smallest absolute Gasteiger partial charge is 0.307 e. The van der Waals surface area contributed by atoms with Crippen molar-refractivity contribution in [2.24, 2.45) is 5.73 Å². The van der Waals surface area contributed by atoms with Crippen molar-refractivity contribution >= 4 is 23.5 Å². The number of halogens is 1. The minimum atomic E-state index is -0.556. The first-order valence-electron chi connectivity index (χ1n) is 11.8.